The van der Waals surface area contributed by atoms with Crippen molar-refractivity contribution in [2.75, 3.05) is 17.7 Å². The highest BCUT2D eigenvalue weighted by atomic mass is 35.5. The van der Waals surface area contributed by atoms with E-state index in [9.17, 15) is 9.59 Å². The third kappa shape index (κ3) is 4.68. The number of ether oxygens (including phenoxy) is 1. The van der Waals surface area contributed by atoms with Crippen molar-refractivity contribution in [2.24, 2.45) is 0 Å². The molecule has 0 saturated heterocycles. The summed E-state index contributed by atoms with van der Waals surface area (Å²) in [5.41, 5.74) is 3.51. The van der Waals surface area contributed by atoms with Crippen molar-refractivity contribution in [1.29, 1.82) is 0 Å². The number of carbonyl (C=O) groups is 2. The molecular formula is C23H23ClN6O3. The number of rotatable bonds is 4. The third-order valence-corrected chi connectivity index (χ3v) is 5.28. The minimum atomic E-state index is -0.578. The highest BCUT2D eigenvalue weighted by Crippen LogP contribution is 2.32. The summed E-state index contributed by atoms with van der Waals surface area (Å²) in [6, 6.07) is 13.8. The number of anilines is 2. The Morgan fingerprint density at radius 3 is 2.39 bits per heavy atom. The van der Waals surface area contributed by atoms with Crippen LogP contribution in [0.3, 0.4) is 0 Å². The van der Waals surface area contributed by atoms with Gasteiger partial charge in [0.05, 0.1) is 12.8 Å². The monoisotopic (exact) mass is 466 g/mol. The summed E-state index contributed by atoms with van der Waals surface area (Å²) in [5.74, 6) is 0.290. The fourth-order valence-electron chi connectivity index (χ4n) is 3.23. The van der Waals surface area contributed by atoms with Gasteiger partial charge in [-0.25, -0.2) is 4.79 Å². The third-order valence-electron chi connectivity index (χ3n) is 4.93. The van der Waals surface area contributed by atoms with Crippen molar-refractivity contribution < 1.29 is 14.3 Å². The van der Waals surface area contributed by atoms with Crippen molar-refractivity contribution in [2.45, 2.75) is 26.2 Å². The van der Waals surface area contributed by atoms with E-state index >= 15 is 0 Å². The zero-order valence-electron chi connectivity index (χ0n) is 18.6. The molecule has 0 fully saturated rings. The van der Waals surface area contributed by atoms with Gasteiger partial charge in [0.2, 0.25) is 0 Å². The van der Waals surface area contributed by atoms with Crippen LogP contribution in [-0.4, -0.2) is 38.9 Å². The van der Waals surface area contributed by atoms with E-state index in [-0.39, 0.29) is 11.3 Å². The van der Waals surface area contributed by atoms with Crippen LogP contribution < -0.4 is 10.6 Å². The molecule has 4 rings (SSSR count). The first-order valence-electron chi connectivity index (χ1n) is 10.2. The predicted molar refractivity (Wildman–Crippen MR) is 127 cm³/mol. The van der Waals surface area contributed by atoms with Crippen LogP contribution in [0.15, 0.2) is 48.5 Å². The molecule has 9 nitrogen and oxygen atoms in total. The molecule has 33 heavy (non-hydrogen) atoms. The summed E-state index contributed by atoms with van der Waals surface area (Å²) in [6.45, 7) is 6.12. The molecule has 0 bridgehead atoms. The zero-order valence-corrected chi connectivity index (χ0v) is 19.3. The first-order chi connectivity index (χ1) is 15.7. The Bertz CT molecular complexity index is 1330. The van der Waals surface area contributed by atoms with Gasteiger partial charge in [-0.15, -0.1) is 9.73 Å². The predicted octanol–water partition coefficient (Wildman–Crippen LogP) is 5.11. The molecular weight excluding hydrogens is 444 g/mol. The van der Waals surface area contributed by atoms with Gasteiger partial charge >= 0.3 is 6.09 Å². The maximum absolute atomic E-state index is 12.6. The van der Waals surface area contributed by atoms with Gasteiger partial charge in [0.1, 0.15) is 5.02 Å². The number of fused-ring (bicyclic) bond motifs is 1. The number of methoxy groups -OCH3 is 1. The van der Waals surface area contributed by atoms with Crippen LogP contribution in [0.2, 0.25) is 5.02 Å². The molecule has 2 amide bonds. The number of benzene rings is 2. The normalized spacial score (nSPS) is 11.4. The Morgan fingerprint density at radius 2 is 1.76 bits per heavy atom. The molecule has 4 aromatic rings. The highest BCUT2D eigenvalue weighted by Gasteiger charge is 2.25. The lowest BCUT2D eigenvalue weighted by molar-refractivity contribution is 0.102. The van der Waals surface area contributed by atoms with Crippen molar-refractivity contribution in [1.82, 2.24) is 19.8 Å². The van der Waals surface area contributed by atoms with Gasteiger partial charge in [0, 0.05) is 27.9 Å². The van der Waals surface area contributed by atoms with Gasteiger partial charge < -0.3 is 15.0 Å². The fourth-order valence-corrected chi connectivity index (χ4v) is 3.67. The summed E-state index contributed by atoms with van der Waals surface area (Å²) in [7, 11) is 1.28. The molecule has 2 aromatic carbocycles. The van der Waals surface area contributed by atoms with Gasteiger partial charge in [-0.05, 0) is 36.4 Å². The molecule has 0 aliphatic heterocycles. The lowest BCUT2D eigenvalue weighted by atomic mass is 9.92. The molecule has 170 valence electrons. The minimum Gasteiger partial charge on any atom is -0.453 e. The SMILES string of the molecule is COC(=O)Nc1ccc(C(=O)Nc2cccc(-c3nn4nc(C(C)(C)C)c(Cl)c4[nH]3)c2)cc1. The molecule has 0 aliphatic rings. The number of aromatic amines is 1. The lowest BCUT2D eigenvalue weighted by Crippen LogP contribution is -2.13. The Morgan fingerprint density at radius 1 is 1.03 bits per heavy atom. The number of H-pyrrole nitrogens is 1. The van der Waals surface area contributed by atoms with E-state index in [1.807, 2.05) is 39.0 Å². The van der Waals surface area contributed by atoms with Crippen LogP contribution in [0.25, 0.3) is 17.0 Å². The van der Waals surface area contributed by atoms with Crippen molar-refractivity contribution in [3.8, 4) is 11.4 Å². The Balaban J connectivity index is 1.52. The largest absolute Gasteiger partial charge is 0.453 e. The van der Waals surface area contributed by atoms with Crippen LogP contribution in [-0.2, 0) is 10.2 Å². The summed E-state index contributed by atoms with van der Waals surface area (Å²) in [5, 5.41) is 15.0. The molecule has 3 N–H and O–H groups in total. The smallest absolute Gasteiger partial charge is 0.411 e. The highest BCUT2D eigenvalue weighted by molar-refractivity contribution is 6.34. The Labute approximate surface area is 195 Å². The van der Waals surface area contributed by atoms with E-state index in [1.165, 1.54) is 11.7 Å². The molecule has 0 unspecified atom stereocenters. The molecule has 0 aliphatic carbocycles. The van der Waals surface area contributed by atoms with Crippen LogP contribution in [0, 0.1) is 0 Å². The quantitative estimate of drug-likeness (QED) is 0.387. The number of carbonyl (C=O) groups excluding carboxylic acids is 2. The van der Waals surface area contributed by atoms with E-state index in [2.05, 4.69) is 30.6 Å². The summed E-state index contributed by atoms with van der Waals surface area (Å²) in [4.78, 5) is 27.1. The lowest BCUT2D eigenvalue weighted by Gasteiger charge is -2.14. The van der Waals surface area contributed by atoms with Gasteiger partial charge in [-0.2, -0.15) is 5.10 Å². The number of hydrogen-bond acceptors (Lipinski definition) is 5. The molecule has 10 heteroatoms. The molecule has 2 aromatic heterocycles. The van der Waals surface area contributed by atoms with E-state index in [0.717, 1.165) is 11.3 Å². The Kier molecular flexibility index (Phi) is 5.82. The van der Waals surface area contributed by atoms with Gasteiger partial charge in [-0.1, -0.05) is 44.5 Å². The summed E-state index contributed by atoms with van der Waals surface area (Å²) in [6.07, 6.45) is -0.578. The fraction of sp³-hybridized carbons (Fsp3) is 0.217. The summed E-state index contributed by atoms with van der Waals surface area (Å²) < 4.78 is 6.04. The second-order valence-electron chi connectivity index (χ2n) is 8.45. The van der Waals surface area contributed by atoms with E-state index in [0.29, 0.717) is 33.4 Å². The van der Waals surface area contributed by atoms with Crippen molar-refractivity contribution in [3.63, 3.8) is 0 Å². The maximum atomic E-state index is 12.6. The minimum absolute atomic E-state index is 0.205. The van der Waals surface area contributed by atoms with Crippen LogP contribution in [0.5, 0.6) is 0 Å². The molecule has 2 heterocycles. The topological polar surface area (TPSA) is 113 Å². The average molecular weight is 467 g/mol. The standard InChI is InChI=1S/C23H23ClN6O3/c1-23(2,3)18-17(24)20-27-19(29-30(20)28-18)14-6-5-7-16(12-14)25-21(31)13-8-10-15(11-9-13)26-22(32)33-4/h5-12H,1-4H3,(H,25,31)(H,26,32)(H,27,29). The number of aromatic nitrogens is 4. The number of nitrogens with zero attached hydrogens (tertiary/aromatic N) is 3. The molecule has 0 atom stereocenters. The molecule has 0 spiro atoms. The first kappa shape index (κ1) is 22.3. The van der Waals surface area contributed by atoms with Gasteiger partial charge in [0.15, 0.2) is 11.5 Å². The zero-order chi connectivity index (χ0) is 23.8. The number of nitrogens with one attached hydrogen (secondary N) is 3. The molecule has 0 saturated carbocycles. The van der Waals surface area contributed by atoms with Crippen LogP contribution >= 0.6 is 11.6 Å². The van der Waals surface area contributed by atoms with E-state index < -0.39 is 6.09 Å². The number of amides is 2. The number of halogens is 1. The van der Waals surface area contributed by atoms with Crippen molar-refractivity contribution >= 4 is 40.6 Å². The van der Waals surface area contributed by atoms with Gasteiger partial charge in [-0.3, -0.25) is 10.1 Å². The van der Waals surface area contributed by atoms with Crippen molar-refractivity contribution in [3.05, 3.63) is 64.8 Å². The van der Waals surface area contributed by atoms with Crippen LogP contribution in [0.1, 0.15) is 36.8 Å². The van der Waals surface area contributed by atoms with E-state index in [1.54, 1.807) is 30.3 Å². The average Bonchev–Trinajstić information content (AvgIpc) is 3.34. The Hall–Kier alpha value is -3.85. The van der Waals surface area contributed by atoms with Crippen LogP contribution in [0.4, 0.5) is 16.2 Å². The van der Waals surface area contributed by atoms with Gasteiger partial charge in [0.25, 0.3) is 5.91 Å². The first-order valence-corrected chi connectivity index (χ1v) is 10.6. The molecule has 0 radical (unpaired) electrons. The second kappa shape index (κ2) is 8.59. The maximum Gasteiger partial charge on any atom is 0.411 e. The van der Waals surface area contributed by atoms with E-state index in [4.69, 9.17) is 11.6 Å². The summed E-state index contributed by atoms with van der Waals surface area (Å²) >= 11 is 6.52. The second-order valence-corrected chi connectivity index (χ2v) is 8.83. The number of hydrogen-bond donors (Lipinski definition) is 3.